The summed E-state index contributed by atoms with van der Waals surface area (Å²) in [7, 11) is 0. The van der Waals surface area contributed by atoms with Crippen LogP contribution in [0.25, 0.3) is 0 Å². The van der Waals surface area contributed by atoms with E-state index in [0.717, 1.165) is 32.1 Å². The van der Waals surface area contributed by atoms with E-state index in [1.165, 1.54) is 16.7 Å². The fourth-order valence-corrected chi connectivity index (χ4v) is 2.31. The normalized spacial score (nSPS) is 12.3. The number of allylic oxidation sites excluding steroid dienone is 5. The van der Waals surface area contributed by atoms with Gasteiger partial charge < -0.3 is 9.52 Å². The number of carboxylic acids is 1. The summed E-state index contributed by atoms with van der Waals surface area (Å²) in [6.45, 7) is 6.16. The molecule has 0 saturated carbocycles. The molecule has 0 amide bonds. The molecule has 0 aliphatic carbocycles. The Labute approximate surface area is 139 Å². The Morgan fingerprint density at radius 2 is 1.83 bits per heavy atom. The summed E-state index contributed by atoms with van der Waals surface area (Å²) in [5, 5.41) is 9.24. The molecule has 0 atom stereocenters. The minimum Gasteiger partial charge on any atom is -0.478 e. The van der Waals surface area contributed by atoms with Crippen molar-refractivity contribution < 1.29 is 14.3 Å². The maximum atomic E-state index is 11.2. The van der Waals surface area contributed by atoms with Crippen LogP contribution in [0, 0.1) is 0 Å². The van der Waals surface area contributed by atoms with Crippen molar-refractivity contribution in [2.24, 2.45) is 0 Å². The van der Waals surface area contributed by atoms with Crippen LogP contribution < -0.4 is 0 Å². The topological polar surface area (TPSA) is 50.4 Å². The molecule has 3 nitrogen and oxygen atoms in total. The van der Waals surface area contributed by atoms with Gasteiger partial charge >= 0.3 is 5.97 Å². The lowest BCUT2D eigenvalue weighted by molar-refractivity contribution is -0.132. The average Bonchev–Trinajstić information content (AvgIpc) is 2.98. The van der Waals surface area contributed by atoms with E-state index in [9.17, 15) is 9.90 Å². The van der Waals surface area contributed by atoms with E-state index < -0.39 is 5.97 Å². The van der Waals surface area contributed by atoms with Crippen molar-refractivity contribution in [1.29, 1.82) is 0 Å². The van der Waals surface area contributed by atoms with Crippen LogP contribution in [-0.2, 0) is 11.2 Å². The predicted molar refractivity (Wildman–Crippen MR) is 94.4 cm³/mol. The fraction of sp³-hybridized carbons (Fsp3) is 0.450. The Kier molecular flexibility index (Phi) is 8.81. The number of aryl methyl sites for hydroxylation is 1. The highest BCUT2D eigenvalue weighted by atomic mass is 16.4. The number of rotatable bonds is 10. The smallest absolute Gasteiger partial charge is 0.331 e. The lowest BCUT2D eigenvalue weighted by Gasteiger charge is -2.02. The lowest BCUT2D eigenvalue weighted by atomic mass is 10.0. The molecule has 126 valence electrons. The maximum absolute atomic E-state index is 11.2. The third-order valence-corrected chi connectivity index (χ3v) is 3.68. The molecule has 3 heteroatoms. The standard InChI is InChI=1S/C20H28O3/c1-16(2)7-4-11-19(20(21)22)12-6-9-17(3)8-5-10-18-13-14-23-15-18/h7-8,12-15H,4-6,9-11H2,1-3H3,(H,21,22). The van der Waals surface area contributed by atoms with Crippen LogP contribution >= 0.6 is 0 Å². The highest BCUT2D eigenvalue weighted by Crippen LogP contribution is 2.13. The zero-order valence-electron chi connectivity index (χ0n) is 14.5. The van der Waals surface area contributed by atoms with Gasteiger partial charge in [-0.2, -0.15) is 0 Å². The molecule has 0 spiro atoms. The zero-order valence-corrected chi connectivity index (χ0v) is 14.5. The summed E-state index contributed by atoms with van der Waals surface area (Å²) in [4.78, 5) is 11.2. The minimum absolute atomic E-state index is 0.522. The summed E-state index contributed by atoms with van der Waals surface area (Å²) in [5.74, 6) is -0.797. The number of furan rings is 1. The lowest BCUT2D eigenvalue weighted by Crippen LogP contribution is -2.00. The Bertz CT molecular complexity index is 556. The van der Waals surface area contributed by atoms with Crippen molar-refractivity contribution in [3.05, 3.63) is 59.1 Å². The molecule has 1 N–H and O–H groups in total. The summed E-state index contributed by atoms with van der Waals surface area (Å²) < 4.78 is 5.04. The van der Waals surface area contributed by atoms with Gasteiger partial charge in [0.2, 0.25) is 0 Å². The van der Waals surface area contributed by atoms with Crippen LogP contribution in [0.2, 0.25) is 0 Å². The van der Waals surface area contributed by atoms with Crippen LogP contribution in [0.4, 0.5) is 0 Å². The first-order chi connectivity index (χ1) is 11.0. The van der Waals surface area contributed by atoms with Crippen molar-refractivity contribution in [3.63, 3.8) is 0 Å². The van der Waals surface area contributed by atoms with Crippen LogP contribution in [0.15, 0.2) is 58.0 Å². The van der Waals surface area contributed by atoms with E-state index in [1.54, 1.807) is 12.5 Å². The second-order valence-corrected chi connectivity index (χ2v) is 6.11. The van der Waals surface area contributed by atoms with Gasteiger partial charge in [0, 0.05) is 5.57 Å². The SMILES string of the molecule is CC(C)=CCCC(=CCCC(C)=CCCc1ccoc1)C(=O)O. The van der Waals surface area contributed by atoms with Gasteiger partial charge in [0.05, 0.1) is 12.5 Å². The van der Waals surface area contributed by atoms with Gasteiger partial charge in [-0.15, -0.1) is 0 Å². The van der Waals surface area contributed by atoms with Gasteiger partial charge in [0.1, 0.15) is 0 Å². The van der Waals surface area contributed by atoms with E-state index in [-0.39, 0.29) is 0 Å². The number of aliphatic carboxylic acids is 1. The van der Waals surface area contributed by atoms with Crippen molar-refractivity contribution in [3.8, 4) is 0 Å². The van der Waals surface area contributed by atoms with E-state index in [2.05, 4.69) is 19.1 Å². The molecule has 0 saturated heterocycles. The largest absolute Gasteiger partial charge is 0.478 e. The molecule has 0 aromatic carbocycles. The molecule has 1 aromatic heterocycles. The fourth-order valence-electron chi connectivity index (χ4n) is 2.31. The van der Waals surface area contributed by atoms with Crippen molar-refractivity contribution >= 4 is 5.97 Å². The third-order valence-electron chi connectivity index (χ3n) is 3.68. The first-order valence-electron chi connectivity index (χ1n) is 8.21. The Balaban J connectivity index is 2.37. The molecular formula is C20H28O3. The minimum atomic E-state index is -0.797. The van der Waals surface area contributed by atoms with E-state index in [4.69, 9.17) is 4.42 Å². The van der Waals surface area contributed by atoms with Crippen molar-refractivity contribution in [2.45, 2.75) is 59.3 Å². The molecule has 0 aliphatic heterocycles. The van der Waals surface area contributed by atoms with E-state index in [1.807, 2.05) is 26.0 Å². The van der Waals surface area contributed by atoms with E-state index >= 15 is 0 Å². The molecule has 0 bridgehead atoms. The highest BCUT2D eigenvalue weighted by Gasteiger charge is 2.05. The van der Waals surface area contributed by atoms with Crippen molar-refractivity contribution in [2.75, 3.05) is 0 Å². The van der Waals surface area contributed by atoms with Gasteiger partial charge in [0.15, 0.2) is 0 Å². The van der Waals surface area contributed by atoms with Crippen LogP contribution in [0.1, 0.15) is 58.4 Å². The molecule has 0 radical (unpaired) electrons. The zero-order chi connectivity index (χ0) is 17.1. The second kappa shape index (κ2) is 10.7. The summed E-state index contributed by atoms with van der Waals surface area (Å²) in [6.07, 6.45) is 14.7. The maximum Gasteiger partial charge on any atom is 0.331 e. The Morgan fingerprint density at radius 3 is 2.43 bits per heavy atom. The van der Waals surface area contributed by atoms with Crippen molar-refractivity contribution in [1.82, 2.24) is 0 Å². The summed E-state index contributed by atoms with van der Waals surface area (Å²) >= 11 is 0. The van der Waals surface area contributed by atoms with Crippen LogP contribution in [0.3, 0.4) is 0 Å². The Morgan fingerprint density at radius 1 is 1.09 bits per heavy atom. The number of carboxylic acid groups (broad SMARTS) is 1. The number of hydrogen-bond donors (Lipinski definition) is 1. The van der Waals surface area contributed by atoms with Gasteiger partial charge in [0.25, 0.3) is 0 Å². The third kappa shape index (κ3) is 8.87. The van der Waals surface area contributed by atoms with Gasteiger partial charge in [-0.25, -0.2) is 4.79 Å². The Hall–Kier alpha value is -2.03. The van der Waals surface area contributed by atoms with Gasteiger partial charge in [-0.3, -0.25) is 0 Å². The molecule has 1 aromatic rings. The monoisotopic (exact) mass is 316 g/mol. The summed E-state index contributed by atoms with van der Waals surface area (Å²) in [6, 6.07) is 1.98. The van der Waals surface area contributed by atoms with E-state index in [0.29, 0.717) is 12.0 Å². The molecule has 23 heavy (non-hydrogen) atoms. The summed E-state index contributed by atoms with van der Waals surface area (Å²) in [5.41, 5.74) is 4.26. The first-order valence-corrected chi connectivity index (χ1v) is 8.21. The van der Waals surface area contributed by atoms with Crippen LogP contribution in [-0.4, -0.2) is 11.1 Å². The molecule has 0 aliphatic rings. The highest BCUT2D eigenvalue weighted by molar-refractivity contribution is 5.86. The quantitative estimate of drug-likeness (QED) is 0.445. The van der Waals surface area contributed by atoms with Gasteiger partial charge in [-0.05, 0) is 70.9 Å². The molecular weight excluding hydrogens is 288 g/mol. The molecule has 1 rings (SSSR count). The number of hydrogen-bond acceptors (Lipinski definition) is 2. The first kappa shape index (κ1) is 19.0. The van der Waals surface area contributed by atoms with Gasteiger partial charge in [-0.1, -0.05) is 29.4 Å². The predicted octanol–water partition coefficient (Wildman–Crippen LogP) is 5.70. The number of carbonyl (C=O) groups is 1. The van der Waals surface area contributed by atoms with Crippen LogP contribution in [0.5, 0.6) is 0 Å². The molecule has 0 fully saturated rings. The molecule has 1 heterocycles. The molecule has 0 unspecified atom stereocenters. The average molecular weight is 316 g/mol. The second-order valence-electron chi connectivity index (χ2n) is 6.11.